The normalized spacial score (nSPS) is 11.7. The standard InChI is InChI=1S/C24H24F3NO4S.HI.K/c1-4-31-21(23(29)30-3)12-17-7-10-20(11-15(17)2)32-13-19-14-33-22(28-19)16-5-8-18(9-6-16)24(25,26)27;;/h5-11,14,21H,4,12-13H2,1-3H3;1H;/q;;+1/p-1/t21-;;/m0../s1. The van der Waals surface area contributed by atoms with Gasteiger partial charge in [0.15, 0.2) is 6.10 Å². The molecule has 0 bridgehead atoms. The van der Waals surface area contributed by atoms with Gasteiger partial charge in [-0.05, 0) is 49.2 Å². The minimum atomic E-state index is -4.36. The Balaban J connectivity index is 0.00000306. The van der Waals surface area contributed by atoms with E-state index in [4.69, 9.17) is 14.2 Å². The molecule has 35 heavy (non-hydrogen) atoms. The van der Waals surface area contributed by atoms with Gasteiger partial charge in [0.2, 0.25) is 0 Å². The number of hydrogen-bond acceptors (Lipinski definition) is 6. The number of esters is 1. The van der Waals surface area contributed by atoms with E-state index in [9.17, 15) is 18.0 Å². The Bertz CT molecular complexity index is 1090. The zero-order chi connectivity index (χ0) is 24.0. The molecule has 3 rings (SSSR count). The number of carbonyl (C=O) groups excluding carboxylic acids is 1. The molecular weight excluding hydrogens is 621 g/mol. The first-order chi connectivity index (χ1) is 15.7. The van der Waals surface area contributed by atoms with Gasteiger partial charge in [0.1, 0.15) is 17.4 Å². The zero-order valence-corrected chi connectivity index (χ0v) is 25.9. The molecular formula is C24H24F3IKNO4S. The van der Waals surface area contributed by atoms with Gasteiger partial charge in [0.05, 0.1) is 18.4 Å². The zero-order valence-electron chi connectivity index (χ0n) is 19.8. The summed E-state index contributed by atoms with van der Waals surface area (Å²) in [7, 11) is 1.33. The first-order valence-electron chi connectivity index (χ1n) is 10.2. The molecule has 0 aliphatic rings. The maximum atomic E-state index is 12.7. The number of alkyl halides is 3. The molecule has 0 N–H and O–H groups in total. The van der Waals surface area contributed by atoms with E-state index in [1.165, 1.54) is 30.6 Å². The van der Waals surface area contributed by atoms with E-state index in [0.29, 0.717) is 35.0 Å². The van der Waals surface area contributed by atoms with Gasteiger partial charge in [-0.1, -0.05) is 18.2 Å². The molecule has 0 spiro atoms. The summed E-state index contributed by atoms with van der Waals surface area (Å²) in [5.74, 6) is 0.232. The average Bonchev–Trinajstić information content (AvgIpc) is 3.27. The summed E-state index contributed by atoms with van der Waals surface area (Å²) in [6.45, 7) is 4.37. The number of ether oxygens (including phenoxy) is 3. The molecule has 184 valence electrons. The van der Waals surface area contributed by atoms with Crippen LogP contribution in [0.2, 0.25) is 0 Å². The maximum Gasteiger partial charge on any atom is 1.00 e. The van der Waals surface area contributed by atoms with Gasteiger partial charge >= 0.3 is 63.5 Å². The Morgan fingerprint density at radius 1 is 1.14 bits per heavy atom. The van der Waals surface area contributed by atoms with Crippen molar-refractivity contribution in [3.05, 3.63) is 70.2 Å². The SMILES string of the molecule is CCO[C@@H](Cc1ccc(OCc2csc(-c3ccc(C(F)(F)F)cc3)n2)cc1C)C(=O)OC.[I-].[K+]. The summed E-state index contributed by atoms with van der Waals surface area (Å²) in [4.78, 5) is 16.3. The summed E-state index contributed by atoms with van der Waals surface area (Å²) in [5.41, 5.74) is 2.51. The number of carbonyl (C=O) groups is 1. The predicted octanol–water partition coefficient (Wildman–Crippen LogP) is -0.155. The summed E-state index contributed by atoms with van der Waals surface area (Å²) in [6.07, 6.45) is -4.63. The van der Waals surface area contributed by atoms with Crippen LogP contribution in [0, 0.1) is 6.92 Å². The molecule has 1 aromatic heterocycles. The van der Waals surface area contributed by atoms with E-state index in [1.807, 2.05) is 37.4 Å². The molecule has 1 atom stereocenters. The van der Waals surface area contributed by atoms with Crippen molar-refractivity contribution in [2.45, 2.75) is 39.2 Å². The van der Waals surface area contributed by atoms with Gasteiger partial charge in [-0.3, -0.25) is 0 Å². The van der Waals surface area contributed by atoms with Gasteiger partial charge in [0, 0.05) is 24.0 Å². The molecule has 0 radical (unpaired) electrons. The van der Waals surface area contributed by atoms with E-state index in [-0.39, 0.29) is 82.0 Å². The number of halogens is 4. The van der Waals surface area contributed by atoms with Gasteiger partial charge in [-0.2, -0.15) is 13.2 Å². The van der Waals surface area contributed by atoms with E-state index in [0.717, 1.165) is 23.3 Å². The Morgan fingerprint density at radius 3 is 2.40 bits per heavy atom. The van der Waals surface area contributed by atoms with Gasteiger partial charge in [-0.15, -0.1) is 11.3 Å². The number of aryl methyl sites for hydroxylation is 1. The minimum Gasteiger partial charge on any atom is -1.00 e. The number of thiazole rings is 1. The second-order valence-electron chi connectivity index (χ2n) is 7.27. The Kier molecular flexibility index (Phi) is 13.9. The maximum absolute atomic E-state index is 12.7. The quantitative estimate of drug-likeness (QED) is 0.184. The first kappa shape index (κ1) is 32.5. The molecule has 0 amide bonds. The fraction of sp³-hybridized carbons (Fsp3) is 0.333. The van der Waals surface area contributed by atoms with Crippen molar-refractivity contribution >= 4 is 17.3 Å². The second-order valence-corrected chi connectivity index (χ2v) is 8.13. The third-order valence-corrected chi connectivity index (χ3v) is 5.89. The third kappa shape index (κ3) is 9.36. The van der Waals surface area contributed by atoms with Crippen LogP contribution in [0.5, 0.6) is 5.75 Å². The average molecular weight is 646 g/mol. The monoisotopic (exact) mass is 645 g/mol. The fourth-order valence-electron chi connectivity index (χ4n) is 3.19. The molecule has 0 aliphatic heterocycles. The first-order valence-corrected chi connectivity index (χ1v) is 11.1. The third-order valence-electron chi connectivity index (χ3n) is 4.95. The molecule has 5 nitrogen and oxygen atoms in total. The molecule has 0 aliphatic carbocycles. The summed E-state index contributed by atoms with van der Waals surface area (Å²) >= 11 is 1.34. The molecule has 0 saturated heterocycles. The number of hydrogen-bond donors (Lipinski definition) is 0. The van der Waals surface area contributed by atoms with Crippen LogP contribution in [0.25, 0.3) is 10.6 Å². The Labute approximate surface area is 266 Å². The number of benzene rings is 2. The summed E-state index contributed by atoms with van der Waals surface area (Å²) in [6, 6.07) is 10.5. The van der Waals surface area contributed by atoms with E-state index in [1.54, 1.807) is 0 Å². The molecule has 1 heterocycles. The second kappa shape index (κ2) is 15.0. The van der Waals surface area contributed by atoms with Crippen LogP contribution < -0.4 is 80.1 Å². The van der Waals surface area contributed by atoms with Crippen molar-refractivity contribution in [1.82, 2.24) is 4.98 Å². The van der Waals surface area contributed by atoms with E-state index >= 15 is 0 Å². The van der Waals surface area contributed by atoms with Crippen LogP contribution in [0.15, 0.2) is 47.8 Å². The number of methoxy groups -OCH3 is 1. The number of nitrogens with zero attached hydrogens (tertiary/aromatic N) is 1. The molecule has 11 heteroatoms. The van der Waals surface area contributed by atoms with Crippen molar-refractivity contribution in [1.29, 1.82) is 0 Å². The molecule has 2 aromatic carbocycles. The van der Waals surface area contributed by atoms with Crippen LogP contribution in [0.1, 0.15) is 29.3 Å². The number of aromatic nitrogens is 1. The van der Waals surface area contributed by atoms with Crippen LogP contribution in [0.4, 0.5) is 13.2 Å². The van der Waals surface area contributed by atoms with Crippen LogP contribution >= 0.6 is 11.3 Å². The Hall–Kier alpha value is -0.544. The van der Waals surface area contributed by atoms with E-state index < -0.39 is 23.8 Å². The minimum absolute atomic E-state index is 0. The summed E-state index contributed by atoms with van der Waals surface area (Å²) in [5, 5.41) is 2.44. The van der Waals surface area contributed by atoms with Gasteiger partial charge in [-0.25, -0.2) is 9.78 Å². The van der Waals surface area contributed by atoms with Crippen LogP contribution in [-0.2, 0) is 33.5 Å². The largest absolute Gasteiger partial charge is 1.00 e. The van der Waals surface area contributed by atoms with Crippen molar-refractivity contribution < 1.29 is 108 Å². The molecule has 3 aromatic rings. The fourth-order valence-corrected chi connectivity index (χ4v) is 4.01. The van der Waals surface area contributed by atoms with Crippen molar-refractivity contribution in [3.8, 4) is 16.3 Å². The topological polar surface area (TPSA) is 57.7 Å². The Morgan fingerprint density at radius 2 is 1.83 bits per heavy atom. The smallest absolute Gasteiger partial charge is 1.00 e. The molecule has 0 unspecified atom stereocenters. The molecule has 0 fully saturated rings. The number of rotatable bonds is 9. The predicted molar refractivity (Wildman–Crippen MR) is 119 cm³/mol. The molecule has 0 saturated carbocycles. The van der Waals surface area contributed by atoms with Crippen molar-refractivity contribution in [2.75, 3.05) is 13.7 Å². The van der Waals surface area contributed by atoms with E-state index in [2.05, 4.69) is 4.98 Å². The van der Waals surface area contributed by atoms with Crippen molar-refractivity contribution in [2.24, 2.45) is 0 Å². The van der Waals surface area contributed by atoms with Gasteiger partial charge in [0.25, 0.3) is 0 Å². The van der Waals surface area contributed by atoms with Crippen LogP contribution in [-0.4, -0.2) is 30.8 Å². The van der Waals surface area contributed by atoms with Crippen LogP contribution in [0.3, 0.4) is 0 Å². The van der Waals surface area contributed by atoms with Gasteiger partial charge < -0.3 is 38.2 Å². The van der Waals surface area contributed by atoms with Crippen molar-refractivity contribution in [3.63, 3.8) is 0 Å². The summed E-state index contributed by atoms with van der Waals surface area (Å²) < 4.78 is 54.3.